The largest absolute Gasteiger partial charge is 0.416 e. The summed E-state index contributed by atoms with van der Waals surface area (Å²) in [5.74, 6) is -0.500. The highest BCUT2D eigenvalue weighted by molar-refractivity contribution is 7.92. The van der Waals surface area contributed by atoms with Gasteiger partial charge in [0.2, 0.25) is 0 Å². The van der Waals surface area contributed by atoms with Gasteiger partial charge in [-0.05, 0) is 74.4 Å². The van der Waals surface area contributed by atoms with Crippen LogP contribution in [-0.4, -0.2) is 62.8 Å². The first-order chi connectivity index (χ1) is 20.0. The van der Waals surface area contributed by atoms with Crippen molar-refractivity contribution in [2.45, 2.75) is 43.5 Å². The van der Waals surface area contributed by atoms with Gasteiger partial charge in [0.15, 0.2) is 0 Å². The molecule has 0 radical (unpaired) electrons. The molecule has 2 aliphatic heterocycles. The maximum Gasteiger partial charge on any atom is 0.416 e. The Kier molecular flexibility index (Phi) is 8.32. The number of fused-ring (bicyclic) bond motifs is 3. The van der Waals surface area contributed by atoms with E-state index in [1.807, 2.05) is 0 Å². The number of aliphatic hydroxyl groups is 1. The van der Waals surface area contributed by atoms with E-state index >= 15 is 0 Å². The molecule has 0 spiro atoms. The summed E-state index contributed by atoms with van der Waals surface area (Å²) in [4.78, 5) is 3.68. The lowest BCUT2D eigenvalue weighted by Crippen LogP contribution is -2.61. The van der Waals surface area contributed by atoms with Gasteiger partial charge in [-0.15, -0.1) is 0 Å². The van der Waals surface area contributed by atoms with E-state index in [0.717, 1.165) is 22.5 Å². The quantitative estimate of drug-likeness (QED) is 0.246. The summed E-state index contributed by atoms with van der Waals surface area (Å²) in [6.45, 7) is 7.10. The van der Waals surface area contributed by atoms with E-state index in [9.17, 15) is 31.1 Å². The lowest BCUT2D eigenvalue weighted by atomic mass is 10.00. The number of piperazine rings is 1. The molecule has 1 saturated heterocycles. The summed E-state index contributed by atoms with van der Waals surface area (Å²) in [6.07, 6.45) is -3.03. The van der Waals surface area contributed by atoms with Crippen molar-refractivity contribution in [1.29, 1.82) is 0 Å². The number of anilines is 2. The highest BCUT2D eigenvalue weighted by Crippen LogP contribution is 2.42. The van der Waals surface area contributed by atoms with Crippen molar-refractivity contribution < 1.29 is 31.1 Å². The molecule has 0 aromatic heterocycles. The number of rotatable bonds is 6. The lowest BCUT2D eigenvalue weighted by molar-refractivity contribution is -0.137. The molecule has 43 heavy (non-hydrogen) atoms. The Bertz CT molecular complexity index is 1650. The Balaban J connectivity index is 1.60. The second-order valence-electron chi connectivity index (χ2n) is 11.6. The van der Waals surface area contributed by atoms with Crippen molar-refractivity contribution in [1.82, 2.24) is 4.90 Å². The highest BCUT2D eigenvalue weighted by atomic mass is 35.5. The van der Waals surface area contributed by atoms with Gasteiger partial charge >= 0.3 is 6.18 Å². The van der Waals surface area contributed by atoms with Crippen LogP contribution in [0.4, 0.5) is 28.9 Å². The van der Waals surface area contributed by atoms with Crippen LogP contribution >= 0.6 is 11.6 Å². The fourth-order valence-corrected chi connectivity index (χ4v) is 7.70. The third-order valence-corrected chi connectivity index (χ3v) is 9.71. The molecule has 0 bridgehead atoms. The standard InChI is InChI=1S/C31H32ClF4N3O3S/c1-20(29-25(32)8-5-9-26(29)33)14-21-10-11-27-28(15-21)39(18-23-17-37(12-13-38(23)27)19-30(2,3)40)43(41,42)24-7-4-6-22(16-24)31(34,35)36/h4-11,14-16,23,40H,12-13,17-19H2,1-3H3. The number of sulfonamides is 1. The molecule has 3 aromatic carbocycles. The van der Waals surface area contributed by atoms with Gasteiger partial charge in [-0.3, -0.25) is 9.21 Å². The first-order valence-electron chi connectivity index (χ1n) is 13.7. The zero-order valence-corrected chi connectivity index (χ0v) is 25.4. The van der Waals surface area contributed by atoms with Gasteiger partial charge in [0, 0.05) is 31.7 Å². The molecule has 0 saturated carbocycles. The summed E-state index contributed by atoms with van der Waals surface area (Å²) in [6, 6.07) is 13.0. The van der Waals surface area contributed by atoms with Gasteiger partial charge in [-0.25, -0.2) is 12.8 Å². The normalized spacial score (nSPS) is 18.4. The van der Waals surface area contributed by atoms with Crippen LogP contribution in [0, 0.1) is 5.82 Å². The lowest BCUT2D eigenvalue weighted by Gasteiger charge is -2.49. The molecule has 1 unspecified atom stereocenters. The summed E-state index contributed by atoms with van der Waals surface area (Å²) >= 11 is 6.26. The van der Waals surface area contributed by atoms with Crippen LogP contribution in [-0.2, 0) is 16.2 Å². The molecule has 0 aliphatic carbocycles. The number of alkyl halides is 3. The van der Waals surface area contributed by atoms with Crippen molar-refractivity contribution in [3.63, 3.8) is 0 Å². The van der Waals surface area contributed by atoms with Gasteiger partial charge < -0.3 is 10.0 Å². The molecule has 1 fully saturated rings. The zero-order valence-electron chi connectivity index (χ0n) is 23.9. The minimum atomic E-state index is -4.72. The molecule has 230 valence electrons. The second-order valence-corrected chi connectivity index (χ2v) is 13.9. The molecule has 2 heterocycles. The fourth-order valence-electron chi connectivity index (χ4n) is 5.83. The third kappa shape index (κ3) is 6.55. The molecule has 3 aromatic rings. The first kappa shape index (κ1) is 31.3. The molecule has 12 heteroatoms. The van der Waals surface area contributed by atoms with Crippen LogP contribution in [0.15, 0.2) is 65.6 Å². The highest BCUT2D eigenvalue weighted by Gasteiger charge is 2.41. The van der Waals surface area contributed by atoms with Crippen LogP contribution in [0.5, 0.6) is 0 Å². The smallest absolute Gasteiger partial charge is 0.389 e. The van der Waals surface area contributed by atoms with Crippen molar-refractivity contribution in [2.24, 2.45) is 0 Å². The molecular formula is C31H32ClF4N3O3S. The number of halogens is 5. The maximum atomic E-state index is 14.6. The summed E-state index contributed by atoms with van der Waals surface area (Å²) in [5, 5.41) is 10.6. The predicted molar refractivity (Wildman–Crippen MR) is 161 cm³/mol. The van der Waals surface area contributed by atoms with Gasteiger partial charge in [0.25, 0.3) is 10.0 Å². The number of allylic oxidation sites excluding steroid dienone is 1. The molecule has 1 N–H and O–H groups in total. The molecule has 6 nitrogen and oxygen atoms in total. The minimum Gasteiger partial charge on any atom is -0.389 e. The number of hydrogen-bond donors (Lipinski definition) is 1. The predicted octanol–water partition coefficient (Wildman–Crippen LogP) is 6.53. The topological polar surface area (TPSA) is 64.1 Å². The van der Waals surface area contributed by atoms with Gasteiger partial charge in [0.05, 0.1) is 45.0 Å². The van der Waals surface area contributed by atoms with Crippen LogP contribution in [0.1, 0.15) is 37.5 Å². The van der Waals surface area contributed by atoms with Gasteiger partial charge in [-0.2, -0.15) is 13.2 Å². The van der Waals surface area contributed by atoms with Crippen LogP contribution in [0.2, 0.25) is 5.02 Å². The van der Waals surface area contributed by atoms with E-state index in [4.69, 9.17) is 11.6 Å². The molecule has 2 aliphatic rings. The average molecular weight is 638 g/mol. The second kappa shape index (κ2) is 11.4. The van der Waals surface area contributed by atoms with E-state index < -0.39 is 38.1 Å². The summed E-state index contributed by atoms with van der Waals surface area (Å²) in [7, 11) is -4.44. The molecule has 0 amide bonds. The van der Waals surface area contributed by atoms with Crippen LogP contribution in [0.3, 0.4) is 0 Å². The first-order valence-corrected chi connectivity index (χ1v) is 15.5. The number of nitrogens with zero attached hydrogens (tertiary/aromatic N) is 3. The van der Waals surface area contributed by atoms with Crippen molar-refractivity contribution in [2.75, 3.05) is 41.9 Å². The van der Waals surface area contributed by atoms with Crippen LogP contribution in [0.25, 0.3) is 11.6 Å². The van der Waals surface area contributed by atoms with E-state index in [1.165, 1.54) is 12.1 Å². The zero-order chi connectivity index (χ0) is 31.3. The van der Waals surface area contributed by atoms with E-state index in [-0.39, 0.29) is 23.2 Å². The van der Waals surface area contributed by atoms with Gasteiger partial charge in [-0.1, -0.05) is 35.9 Å². The van der Waals surface area contributed by atoms with E-state index in [1.54, 1.807) is 51.1 Å². The van der Waals surface area contributed by atoms with Crippen LogP contribution < -0.4 is 9.21 Å². The Morgan fingerprint density at radius 2 is 1.74 bits per heavy atom. The Labute approximate surface area is 253 Å². The number of β-amino-alcohol motifs (C(OH)–C–C–N with tert-alkyl or cyclic N) is 1. The van der Waals surface area contributed by atoms with Crippen molar-refractivity contribution in [3.05, 3.63) is 88.2 Å². The minimum absolute atomic E-state index is 0.0147. The SMILES string of the molecule is CC(=Cc1ccc2c(c1)N(S(=O)(=O)c1cccc(C(F)(F)F)c1)CC1CN(CC(C)(C)O)CCN21)c1c(F)cccc1Cl. The van der Waals surface area contributed by atoms with Crippen molar-refractivity contribution in [3.8, 4) is 0 Å². The Morgan fingerprint density at radius 1 is 1.02 bits per heavy atom. The summed E-state index contributed by atoms with van der Waals surface area (Å²) in [5.41, 5.74) is 0.218. The Morgan fingerprint density at radius 3 is 2.42 bits per heavy atom. The van der Waals surface area contributed by atoms with E-state index in [0.29, 0.717) is 54.8 Å². The Hall–Kier alpha value is -3.12. The fraction of sp³-hybridized carbons (Fsp3) is 0.355. The maximum absolute atomic E-state index is 14.6. The van der Waals surface area contributed by atoms with Gasteiger partial charge in [0.1, 0.15) is 5.82 Å². The van der Waals surface area contributed by atoms with E-state index in [2.05, 4.69) is 9.80 Å². The number of benzene rings is 3. The molecule has 5 rings (SSSR count). The number of hydrogen-bond acceptors (Lipinski definition) is 5. The monoisotopic (exact) mass is 637 g/mol. The third-order valence-electron chi connectivity index (χ3n) is 7.62. The summed E-state index contributed by atoms with van der Waals surface area (Å²) < 4.78 is 84.5. The molecular weight excluding hydrogens is 606 g/mol. The molecule has 1 atom stereocenters. The average Bonchev–Trinajstić information content (AvgIpc) is 2.91. The van der Waals surface area contributed by atoms with Crippen molar-refractivity contribution >= 4 is 44.6 Å².